The molecule has 1 atom stereocenters. The lowest BCUT2D eigenvalue weighted by Crippen LogP contribution is -2.47. The molecule has 2 fully saturated rings. The van der Waals surface area contributed by atoms with Gasteiger partial charge in [0.1, 0.15) is 6.54 Å². The molecule has 27 heavy (non-hydrogen) atoms. The number of hydrogen-bond donors (Lipinski definition) is 0. The van der Waals surface area contributed by atoms with Gasteiger partial charge in [0.05, 0.1) is 4.91 Å². The first-order valence-corrected chi connectivity index (χ1v) is 9.79. The molecule has 1 aromatic rings. The lowest BCUT2D eigenvalue weighted by molar-refractivity contribution is -0.138. The van der Waals surface area contributed by atoms with E-state index in [4.69, 9.17) is 9.47 Å². The summed E-state index contributed by atoms with van der Waals surface area (Å²) in [5.74, 6) is 0.660. The van der Waals surface area contributed by atoms with Crippen LogP contribution in [0.15, 0.2) is 23.1 Å². The number of hydrogen-bond acceptors (Lipinski definition) is 6. The van der Waals surface area contributed by atoms with Gasteiger partial charge in [0.15, 0.2) is 11.5 Å². The van der Waals surface area contributed by atoms with E-state index in [1.807, 2.05) is 6.92 Å². The van der Waals surface area contributed by atoms with Crippen LogP contribution in [0.5, 0.6) is 11.5 Å². The predicted octanol–water partition coefficient (Wildman–Crippen LogP) is 2.85. The maximum absolute atomic E-state index is 12.6. The summed E-state index contributed by atoms with van der Waals surface area (Å²) in [6, 6.07) is 5.47. The first-order chi connectivity index (χ1) is 13.0. The van der Waals surface area contributed by atoms with Crippen LogP contribution in [0.2, 0.25) is 0 Å². The number of nitrogens with zero attached hydrogens (tertiary/aromatic N) is 2. The average Bonchev–Trinajstić information content (AvgIpc) is 3.22. The first kappa shape index (κ1) is 17.9. The van der Waals surface area contributed by atoms with E-state index in [-0.39, 0.29) is 25.3 Å². The van der Waals surface area contributed by atoms with Crippen LogP contribution in [0.3, 0.4) is 0 Å². The van der Waals surface area contributed by atoms with Gasteiger partial charge >= 0.3 is 0 Å². The molecule has 0 aromatic heterocycles. The molecule has 0 aliphatic carbocycles. The zero-order valence-corrected chi connectivity index (χ0v) is 15.8. The minimum absolute atomic E-state index is 0.148. The van der Waals surface area contributed by atoms with Crippen LogP contribution in [0.4, 0.5) is 4.79 Å². The van der Waals surface area contributed by atoms with E-state index in [0.717, 1.165) is 41.5 Å². The Labute approximate surface area is 161 Å². The zero-order chi connectivity index (χ0) is 19.0. The van der Waals surface area contributed by atoms with E-state index < -0.39 is 11.1 Å². The summed E-state index contributed by atoms with van der Waals surface area (Å²) in [4.78, 5) is 40.6. The molecular weight excluding hydrogens is 368 g/mol. The second-order valence-corrected chi connectivity index (χ2v) is 7.81. The Hall–Kier alpha value is -2.48. The van der Waals surface area contributed by atoms with Crippen LogP contribution in [0.25, 0.3) is 6.08 Å². The average molecular weight is 388 g/mol. The summed E-state index contributed by atoms with van der Waals surface area (Å²) in [7, 11) is 0. The second kappa shape index (κ2) is 7.26. The summed E-state index contributed by atoms with van der Waals surface area (Å²) < 4.78 is 10.6. The third kappa shape index (κ3) is 3.53. The Bertz CT molecular complexity index is 837. The fraction of sp³-hybridized carbons (Fsp3) is 0.421. The summed E-state index contributed by atoms with van der Waals surface area (Å²) in [6.45, 7) is 2.66. The molecule has 3 amide bonds. The third-order valence-corrected chi connectivity index (χ3v) is 5.89. The number of ether oxygens (including phenoxy) is 2. The van der Waals surface area contributed by atoms with Gasteiger partial charge in [0, 0.05) is 12.6 Å². The van der Waals surface area contributed by atoms with Crippen LogP contribution >= 0.6 is 11.8 Å². The molecule has 7 nitrogen and oxygen atoms in total. The van der Waals surface area contributed by atoms with Crippen LogP contribution in [-0.2, 0) is 9.59 Å². The molecule has 0 spiro atoms. The Balaban J connectivity index is 1.47. The van der Waals surface area contributed by atoms with Crippen molar-refractivity contribution in [2.75, 3.05) is 19.9 Å². The zero-order valence-electron chi connectivity index (χ0n) is 15.0. The summed E-state index contributed by atoms with van der Waals surface area (Å²) in [5, 5.41) is -0.412. The number of carbonyl (C=O) groups excluding carboxylic acids is 3. The predicted molar refractivity (Wildman–Crippen MR) is 100 cm³/mol. The number of imide groups is 1. The van der Waals surface area contributed by atoms with Crippen LogP contribution in [-0.4, -0.2) is 52.8 Å². The number of carbonyl (C=O) groups is 3. The van der Waals surface area contributed by atoms with E-state index in [1.165, 1.54) is 0 Å². The van der Waals surface area contributed by atoms with Crippen molar-refractivity contribution in [2.24, 2.45) is 0 Å². The molecule has 4 rings (SSSR count). The van der Waals surface area contributed by atoms with Crippen LogP contribution in [0, 0.1) is 0 Å². The molecule has 0 radical (unpaired) electrons. The standard InChI is InChI=1S/C19H20N2O5S/c1-12-4-2-3-7-20(12)17(22)10-21-18(23)16(27-19(21)24)9-13-5-6-14-15(8-13)26-11-25-14/h5-6,8-9,12H,2-4,7,10-11H2,1H3/b16-9-/t12-/m0/s1. The summed E-state index contributed by atoms with van der Waals surface area (Å²) >= 11 is 0.855. The van der Waals surface area contributed by atoms with Crippen molar-refractivity contribution in [1.82, 2.24) is 9.80 Å². The van der Waals surface area contributed by atoms with Crippen molar-refractivity contribution in [1.29, 1.82) is 0 Å². The van der Waals surface area contributed by atoms with Crippen LogP contribution < -0.4 is 9.47 Å². The number of likely N-dealkylation sites (tertiary alicyclic amines) is 1. The number of fused-ring (bicyclic) bond motifs is 1. The summed E-state index contributed by atoms with van der Waals surface area (Å²) in [6.07, 6.45) is 4.66. The Morgan fingerprint density at radius 1 is 1.26 bits per heavy atom. The number of benzene rings is 1. The molecule has 0 N–H and O–H groups in total. The van der Waals surface area contributed by atoms with Crippen molar-refractivity contribution < 1.29 is 23.9 Å². The molecule has 3 aliphatic rings. The van der Waals surface area contributed by atoms with Crippen molar-refractivity contribution >= 4 is 34.9 Å². The minimum Gasteiger partial charge on any atom is -0.454 e. The first-order valence-electron chi connectivity index (χ1n) is 8.97. The summed E-state index contributed by atoms with van der Waals surface area (Å²) in [5.41, 5.74) is 0.737. The molecule has 0 saturated carbocycles. The molecule has 1 aromatic carbocycles. The Morgan fingerprint density at radius 3 is 2.89 bits per heavy atom. The van der Waals surface area contributed by atoms with Crippen molar-refractivity contribution in [3.05, 3.63) is 28.7 Å². The molecule has 142 valence electrons. The Kier molecular flexibility index (Phi) is 4.82. The molecule has 2 saturated heterocycles. The van der Waals surface area contributed by atoms with Gasteiger partial charge in [-0.3, -0.25) is 19.3 Å². The van der Waals surface area contributed by atoms with Gasteiger partial charge in [-0.15, -0.1) is 0 Å². The maximum Gasteiger partial charge on any atom is 0.294 e. The number of piperidine rings is 1. The molecular formula is C19H20N2O5S. The molecule has 3 aliphatic heterocycles. The van der Waals surface area contributed by atoms with Gasteiger partial charge in [-0.25, -0.2) is 0 Å². The smallest absolute Gasteiger partial charge is 0.294 e. The monoisotopic (exact) mass is 388 g/mol. The lowest BCUT2D eigenvalue weighted by Gasteiger charge is -2.34. The highest BCUT2D eigenvalue weighted by Crippen LogP contribution is 2.36. The van der Waals surface area contributed by atoms with Gasteiger partial charge < -0.3 is 14.4 Å². The maximum atomic E-state index is 12.6. The number of amides is 3. The fourth-order valence-corrected chi connectivity index (χ4v) is 4.32. The topological polar surface area (TPSA) is 76.2 Å². The van der Waals surface area contributed by atoms with E-state index in [1.54, 1.807) is 29.2 Å². The van der Waals surface area contributed by atoms with Gasteiger partial charge in [0.2, 0.25) is 12.7 Å². The number of thioether (sulfide) groups is 1. The van der Waals surface area contributed by atoms with E-state index in [0.29, 0.717) is 22.9 Å². The quantitative estimate of drug-likeness (QED) is 0.741. The Morgan fingerprint density at radius 2 is 2.07 bits per heavy atom. The molecule has 0 unspecified atom stereocenters. The SMILES string of the molecule is C[C@H]1CCCCN1C(=O)CN1C(=O)S/C(=C\c2ccc3c(c2)OCO3)C1=O. The second-order valence-electron chi connectivity index (χ2n) is 6.81. The highest BCUT2D eigenvalue weighted by atomic mass is 32.2. The van der Waals surface area contributed by atoms with Gasteiger partial charge in [-0.2, -0.15) is 0 Å². The molecule has 3 heterocycles. The van der Waals surface area contributed by atoms with Gasteiger partial charge in [0.25, 0.3) is 11.1 Å². The van der Waals surface area contributed by atoms with Crippen molar-refractivity contribution in [3.63, 3.8) is 0 Å². The molecule has 8 heteroatoms. The normalized spacial score (nSPS) is 23.4. The van der Waals surface area contributed by atoms with Crippen molar-refractivity contribution in [3.8, 4) is 11.5 Å². The third-order valence-electron chi connectivity index (χ3n) is 4.98. The van der Waals surface area contributed by atoms with Gasteiger partial charge in [-0.05, 0) is 61.7 Å². The number of rotatable bonds is 3. The lowest BCUT2D eigenvalue weighted by atomic mass is 10.0. The highest BCUT2D eigenvalue weighted by Gasteiger charge is 2.38. The van der Waals surface area contributed by atoms with Gasteiger partial charge in [-0.1, -0.05) is 6.07 Å². The minimum atomic E-state index is -0.430. The largest absolute Gasteiger partial charge is 0.454 e. The van der Waals surface area contributed by atoms with E-state index >= 15 is 0 Å². The van der Waals surface area contributed by atoms with Crippen LogP contribution in [0.1, 0.15) is 31.7 Å². The van der Waals surface area contributed by atoms with E-state index in [9.17, 15) is 14.4 Å². The van der Waals surface area contributed by atoms with Crippen molar-refractivity contribution in [2.45, 2.75) is 32.2 Å². The molecule has 0 bridgehead atoms. The highest BCUT2D eigenvalue weighted by molar-refractivity contribution is 8.18. The fourth-order valence-electron chi connectivity index (χ4n) is 3.49. The van der Waals surface area contributed by atoms with E-state index in [2.05, 4.69) is 0 Å².